The first-order valence-corrected chi connectivity index (χ1v) is 11.0. The molecule has 2 fully saturated rings. The van der Waals surface area contributed by atoms with Crippen LogP contribution in [0.5, 0.6) is 0 Å². The van der Waals surface area contributed by atoms with E-state index in [0.29, 0.717) is 29.8 Å². The summed E-state index contributed by atoms with van der Waals surface area (Å²) >= 11 is 2.02. The fourth-order valence-electron chi connectivity index (χ4n) is 2.63. The molecule has 0 aromatic heterocycles. The Balaban J connectivity index is 0.00000264. The summed E-state index contributed by atoms with van der Waals surface area (Å²) in [5.41, 5.74) is 0. The van der Waals surface area contributed by atoms with Crippen LogP contribution in [0.4, 0.5) is 0 Å². The van der Waals surface area contributed by atoms with Crippen molar-refractivity contribution in [3.8, 4) is 0 Å². The second kappa shape index (κ2) is 11.0. The van der Waals surface area contributed by atoms with Crippen molar-refractivity contribution >= 4 is 51.5 Å². The molecule has 0 bridgehead atoms. The van der Waals surface area contributed by atoms with Crippen molar-refractivity contribution in [2.75, 3.05) is 56.5 Å². The van der Waals surface area contributed by atoms with Crippen molar-refractivity contribution in [2.45, 2.75) is 25.0 Å². The highest BCUT2D eigenvalue weighted by atomic mass is 127. The SMILES string of the molecule is CCNC(=NCC1CCCS1)NCCN1CCS(=O)(=O)CC1.I. The van der Waals surface area contributed by atoms with Crippen molar-refractivity contribution in [3.63, 3.8) is 0 Å². The molecule has 2 aliphatic rings. The third-order valence-electron chi connectivity index (χ3n) is 3.98. The van der Waals surface area contributed by atoms with Crippen LogP contribution >= 0.6 is 35.7 Å². The van der Waals surface area contributed by atoms with Crippen LogP contribution < -0.4 is 10.6 Å². The smallest absolute Gasteiger partial charge is 0.191 e. The highest BCUT2D eigenvalue weighted by molar-refractivity contribution is 14.0. The number of hydrogen-bond donors (Lipinski definition) is 2. The summed E-state index contributed by atoms with van der Waals surface area (Å²) in [5.74, 6) is 2.72. The van der Waals surface area contributed by atoms with E-state index in [9.17, 15) is 8.42 Å². The van der Waals surface area contributed by atoms with Gasteiger partial charge < -0.3 is 10.6 Å². The fraction of sp³-hybridized carbons (Fsp3) is 0.929. The molecule has 9 heteroatoms. The molecular weight excluding hydrogens is 447 g/mol. The average molecular weight is 476 g/mol. The van der Waals surface area contributed by atoms with Gasteiger partial charge in [-0.1, -0.05) is 0 Å². The normalized spacial score (nSPS) is 24.9. The molecule has 0 aliphatic carbocycles. The van der Waals surface area contributed by atoms with Crippen molar-refractivity contribution < 1.29 is 8.42 Å². The van der Waals surface area contributed by atoms with Crippen LogP contribution in [0.15, 0.2) is 4.99 Å². The molecule has 6 nitrogen and oxygen atoms in total. The minimum absolute atomic E-state index is 0. The molecule has 2 heterocycles. The Bertz CT molecular complexity index is 453. The number of aliphatic imine (C=N–C) groups is 1. The van der Waals surface area contributed by atoms with E-state index in [4.69, 9.17) is 0 Å². The van der Waals surface area contributed by atoms with E-state index in [1.165, 1.54) is 18.6 Å². The maximum absolute atomic E-state index is 11.4. The summed E-state index contributed by atoms with van der Waals surface area (Å²) in [4.78, 5) is 6.86. The first-order chi connectivity index (χ1) is 10.6. The molecule has 0 amide bonds. The highest BCUT2D eigenvalue weighted by Gasteiger charge is 2.21. The summed E-state index contributed by atoms with van der Waals surface area (Å²) in [7, 11) is -2.78. The Kier molecular flexibility index (Phi) is 10.2. The number of rotatable bonds is 6. The van der Waals surface area contributed by atoms with Crippen molar-refractivity contribution in [3.05, 3.63) is 0 Å². The van der Waals surface area contributed by atoms with Gasteiger partial charge in [-0.25, -0.2) is 8.42 Å². The molecule has 2 saturated heterocycles. The van der Waals surface area contributed by atoms with Crippen LogP contribution in [-0.2, 0) is 9.84 Å². The summed E-state index contributed by atoms with van der Waals surface area (Å²) in [6.07, 6.45) is 2.59. The van der Waals surface area contributed by atoms with Gasteiger partial charge in [0.05, 0.1) is 18.1 Å². The number of nitrogens with one attached hydrogen (secondary N) is 2. The Morgan fingerprint density at radius 2 is 2.04 bits per heavy atom. The Morgan fingerprint density at radius 1 is 1.30 bits per heavy atom. The predicted molar refractivity (Wildman–Crippen MR) is 110 cm³/mol. The minimum Gasteiger partial charge on any atom is -0.357 e. The van der Waals surface area contributed by atoms with E-state index in [0.717, 1.165) is 32.1 Å². The zero-order valence-corrected chi connectivity index (χ0v) is 17.8. The summed E-state index contributed by atoms with van der Waals surface area (Å²) in [6.45, 7) is 6.75. The highest BCUT2D eigenvalue weighted by Crippen LogP contribution is 2.25. The molecule has 23 heavy (non-hydrogen) atoms. The van der Waals surface area contributed by atoms with Crippen molar-refractivity contribution in [1.82, 2.24) is 15.5 Å². The molecule has 2 aliphatic heterocycles. The van der Waals surface area contributed by atoms with Crippen LogP contribution in [0.1, 0.15) is 19.8 Å². The summed E-state index contributed by atoms with van der Waals surface area (Å²) in [6, 6.07) is 0. The predicted octanol–water partition coefficient (Wildman–Crippen LogP) is 0.786. The largest absolute Gasteiger partial charge is 0.357 e. The number of halogens is 1. The van der Waals surface area contributed by atoms with E-state index in [1.807, 2.05) is 11.8 Å². The third kappa shape index (κ3) is 8.26. The molecule has 0 spiro atoms. The molecule has 2 rings (SSSR count). The Hall–Kier alpha value is 0.260. The molecule has 0 aromatic carbocycles. The molecular formula is C14H29IN4O2S2. The second-order valence-corrected chi connectivity index (χ2v) is 9.49. The lowest BCUT2D eigenvalue weighted by molar-refractivity contribution is 0.299. The van der Waals surface area contributed by atoms with Crippen LogP contribution in [-0.4, -0.2) is 81.1 Å². The van der Waals surface area contributed by atoms with Gasteiger partial charge in [-0.05, 0) is 25.5 Å². The molecule has 2 N–H and O–H groups in total. The molecule has 1 atom stereocenters. The lowest BCUT2D eigenvalue weighted by atomic mass is 10.2. The average Bonchev–Trinajstić information content (AvgIpc) is 3.00. The standard InChI is InChI=1S/C14H28N4O2S2.HI/c1-2-15-14(17-12-13-4-3-9-21-13)16-5-6-18-7-10-22(19,20)11-8-18;/h13H,2-12H2,1H3,(H2,15,16,17);1H. The number of sulfone groups is 1. The quantitative estimate of drug-likeness (QED) is 0.336. The fourth-order valence-corrected chi connectivity index (χ4v) is 5.09. The Morgan fingerprint density at radius 3 is 2.65 bits per heavy atom. The monoisotopic (exact) mass is 476 g/mol. The van der Waals surface area contributed by atoms with Gasteiger partial charge in [0.2, 0.25) is 0 Å². The van der Waals surface area contributed by atoms with Gasteiger partial charge in [0, 0.05) is 38.0 Å². The summed E-state index contributed by atoms with van der Waals surface area (Å²) < 4.78 is 22.8. The van der Waals surface area contributed by atoms with Crippen molar-refractivity contribution in [1.29, 1.82) is 0 Å². The summed E-state index contributed by atoms with van der Waals surface area (Å²) in [5, 5.41) is 7.29. The van der Waals surface area contributed by atoms with Gasteiger partial charge in [-0.15, -0.1) is 24.0 Å². The lowest BCUT2D eigenvalue weighted by Crippen LogP contribution is -2.46. The van der Waals surface area contributed by atoms with Crippen LogP contribution in [0.3, 0.4) is 0 Å². The number of nitrogens with zero attached hydrogens (tertiary/aromatic N) is 2. The lowest BCUT2D eigenvalue weighted by Gasteiger charge is -2.26. The van der Waals surface area contributed by atoms with E-state index < -0.39 is 9.84 Å². The zero-order chi connectivity index (χ0) is 15.8. The van der Waals surface area contributed by atoms with Crippen LogP contribution in [0.25, 0.3) is 0 Å². The van der Waals surface area contributed by atoms with Crippen molar-refractivity contribution in [2.24, 2.45) is 4.99 Å². The van der Waals surface area contributed by atoms with Crippen LogP contribution in [0.2, 0.25) is 0 Å². The van der Waals surface area contributed by atoms with Gasteiger partial charge in [0.25, 0.3) is 0 Å². The number of hydrogen-bond acceptors (Lipinski definition) is 5. The van der Waals surface area contributed by atoms with E-state index in [2.05, 4.69) is 27.4 Å². The Labute approximate surface area is 161 Å². The number of guanidine groups is 1. The van der Waals surface area contributed by atoms with Gasteiger partial charge in [0.1, 0.15) is 0 Å². The molecule has 0 aromatic rings. The third-order valence-corrected chi connectivity index (χ3v) is 6.97. The topological polar surface area (TPSA) is 73.8 Å². The second-order valence-electron chi connectivity index (χ2n) is 5.77. The molecule has 1 unspecified atom stereocenters. The maximum Gasteiger partial charge on any atom is 0.191 e. The number of thioether (sulfide) groups is 1. The molecule has 136 valence electrons. The zero-order valence-electron chi connectivity index (χ0n) is 13.8. The van der Waals surface area contributed by atoms with E-state index >= 15 is 0 Å². The van der Waals surface area contributed by atoms with Crippen LogP contribution in [0, 0.1) is 0 Å². The minimum atomic E-state index is -2.78. The van der Waals surface area contributed by atoms with Gasteiger partial charge in [0.15, 0.2) is 15.8 Å². The van der Waals surface area contributed by atoms with Gasteiger partial charge in [-0.3, -0.25) is 9.89 Å². The van der Waals surface area contributed by atoms with E-state index in [1.54, 1.807) is 0 Å². The van der Waals surface area contributed by atoms with Gasteiger partial charge >= 0.3 is 0 Å². The first-order valence-electron chi connectivity index (χ1n) is 8.15. The molecule has 0 saturated carbocycles. The first kappa shape index (κ1) is 21.3. The maximum atomic E-state index is 11.4. The van der Waals surface area contributed by atoms with Gasteiger partial charge in [-0.2, -0.15) is 11.8 Å². The molecule has 0 radical (unpaired) electrons. The van der Waals surface area contributed by atoms with E-state index in [-0.39, 0.29) is 24.0 Å².